The number of aromatic nitrogens is 1. The normalized spacial score (nSPS) is 17.7. The average molecular weight is 416 g/mol. The molecule has 0 saturated heterocycles. The van der Waals surface area contributed by atoms with Gasteiger partial charge in [0, 0.05) is 5.56 Å². The Morgan fingerprint density at radius 2 is 1.74 bits per heavy atom. The summed E-state index contributed by atoms with van der Waals surface area (Å²) in [4.78, 5) is 4.69. The van der Waals surface area contributed by atoms with Crippen molar-refractivity contribution >= 4 is 32.3 Å². The highest BCUT2D eigenvalue weighted by Gasteiger charge is 2.31. The van der Waals surface area contributed by atoms with Gasteiger partial charge >= 0.3 is 0 Å². The zero-order chi connectivity index (χ0) is 18.6. The third kappa shape index (κ3) is 2.70. The average Bonchev–Trinajstić information content (AvgIpc) is 2.66. The van der Waals surface area contributed by atoms with Gasteiger partial charge < -0.3 is 0 Å². The molecule has 0 atom stereocenters. The number of fused-ring (bicyclic) bond motifs is 4. The molecule has 0 amide bonds. The van der Waals surface area contributed by atoms with E-state index in [0.717, 1.165) is 29.6 Å². The third-order valence-electron chi connectivity index (χ3n) is 6.13. The molecule has 2 aromatic carbocycles. The summed E-state index contributed by atoms with van der Waals surface area (Å²) in [5.74, 6) is 0. The van der Waals surface area contributed by atoms with Crippen molar-refractivity contribution in [1.82, 2.24) is 4.98 Å². The Morgan fingerprint density at radius 3 is 2.59 bits per heavy atom. The number of aryl methyl sites for hydroxylation is 1. The SMILES string of the molecule is CC1(C)CC=CC2=C1CCc1c2ccc2c(-c3cccc(Br)n3)cccc12. The highest BCUT2D eigenvalue weighted by molar-refractivity contribution is 9.10. The number of pyridine rings is 1. The Morgan fingerprint density at radius 1 is 0.889 bits per heavy atom. The Hall–Kier alpha value is -2.19. The van der Waals surface area contributed by atoms with Gasteiger partial charge in [-0.1, -0.05) is 68.0 Å². The first kappa shape index (κ1) is 16.9. The predicted octanol–water partition coefficient (Wildman–Crippen LogP) is 7.35. The lowest BCUT2D eigenvalue weighted by Crippen LogP contribution is -2.21. The van der Waals surface area contributed by atoms with Gasteiger partial charge in [0.2, 0.25) is 0 Å². The second-order valence-electron chi connectivity index (χ2n) is 8.22. The van der Waals surface area contributed by atoms with Crippen molar-refractivity contribution in [2.45, 2.75) is 33.1 Å². The molecule has 0 N–H and O–H groups in total. The molecule has 2 heteroatoms. The lowest BCUT2D eigenvalue weighted by Gasteiger charge is -2.36. The minimum absolute atomic E-state index is 0.277. The number of halogens is 1. The molecule has 1 nitrogen and oxygen atoms in total. The van der Waals surface area contributed by atoms with Gasteiger partial charge in [-0.05, 0) is 80.2 Å². The number of hydrogen-bond acceptors (Lipinski definition) is 1. The molecular formula is C25H22BrN. The summed E-state index contributed by atoms with van der Waals surface area (Å²) in [6.45, 7) is 4.77. The van der Waals surface area contributed by atoms with E-state index < -0.39 is 0 Å². The molecular weight excluding hydrogens is 394 g/mol. The minimum atomic E-state index is 0.277. The lowest BCUT2D eigenvalue weighted by molar-refractivity contribution is 0.432. The van der Waals surface area contributed by atoms with Crippen LogP contribution in [0.25, 0.3) is 27.6 Å². The first-order chi connectivity index (χ1) is 13.0. The molecule has 5 rings (SSSR count). The summed E-state index contributed by atoms with van der Waals surface area (Å²) in [6.07, 6.45) is 8.13. The van der Waals surface area contributed by atoms with Gasteiger partial charge in [0.15, 0.2) is 0 Å². The summed E-state index contributed by atoms with van der Waals surface area (Å²) in [5.41, 5.74) is 8.50. The summed E-state index contributed by atoms with van der Waals surface area (Å²) in [7, 11) is 0. The van der Waals surface area contributed by atoms with Crippen molar-refractivity contribution < 1.29 is 0 Å². The highest BCUT2D eigenvalue weighted by atomic mass is 79.9. The van der Waals surface area contributed by atoms with E-state index >= 15 is 0 Å². The quantitative estimate of drug-likeness (QED) is 0.378. The maximum absolute atomic E-state index is 4.69. The van der Waals surface area contributed by atoms with Crippen molar-refractivity contribution in [2.75, 3.05) is 0 Å². The molecule has 0 spiro atoms. The number of nitrogens with zero attached hydrogens (tertiary/aromatic N) is 1. The van der Waals surface area contributed by atoms with Crippen LogP contribution in [0.2, 0.25) is 0 Å². The Bertz CT molecular complexity index is 1130. The van der Waals surface area contributed by atoms with Gasteiger partial charge in [-0.15, -0.1) is 0 Å². The van der Waals surface area contributed by atoms with E-state index in [9.17, 15) is 0 Å². The van der Waals surface area contributed by atoms with Gasteiger partial charge in [0.1, 0.15) is 4.60 Å². The monoisotopic (exact) mass is 415 g/mol. The van der Waals surface area contributed by atoms with E-state index in [1.165, 1.54) is 33.0 Å². The zero-order valence-electron chi connectivity index (χ0n) is 15.7. The van der Waals surface area contributed by atoms with Gasteiger partial charge in [0.05, 0.1) is 5.69 Å². The minimum Gasteiger partial charge on any atom is -0.241 e. The van der Waals surface area contributed by atoms with Crippen molar-refractivity contribution in [3.05, 3.63) is 82.0 Å². The van der Waals surface area contributed by atoms with E-state index in [-0.39, 0.29) is 5.41 Å². The molecule has 0 saturated carbocycles. The molecule has 1 aromatic heterocycles. The van der Waals surface area contributed by atoms with Crippen LogP contribution in [0.5, 0.6) is 0 Å². The summed E-state index contributed by atoms with van der Waals surface area (Å²) in [5, 5.41) is 2.67. The van der Waals surface area contributed by atoms with Crippen LogP contribution in [0.3, 0.4) is 0 Å². The summed E-state index contributed by atoms with van der Waals surface area (Å²) < 4.78 is 0.874. The Balaban J connectivity index is 1.75. The fourth-order valence-electron chi connectivity index (χ4n) is 4.76. The van der Waals surface area contributed by atoms with E-state index in [2.05, 4.69) is 89.4 Å². The molecule has 0 radical (unpaired) electrons. The van der Waals surface area contributed by atoms with Crippen molar-refractivity contribution in [3.8, 4) is 11.3 Å². The van der Waals surface area contributed by atoms with Gasteiger partial charge in [0.25, 0.3) is 0 Å². The maximum Gasteiger partial charge on any atom is 0.106 e. The van der Waals surface area contributed by atoms with Crippen LogP contribution in [0.1, 0.15) is 37.8 Å². The fraction of sp³-hybridized carbons (Fsp3) is 0.240. The standard InChI is InChI=1S/C25H22BrN/c1-25(2)15-5-8-20-18-11-12-19-16(17(18)13-14-22(20)25)6-3-7-21(19)23-9-4-10-24(26)27-23/h3-12H,13-15H2,1-2H3. The number of rotatable bonds is 1. The van der Waals surface area contributed by atoms with Crippen molar-refractivity contribution in [3.63, 3.8) is 0 Å². The van der Waals surface area contributed by atoms with Crippen LogP contribution >= 0.6 is 15.9 Å². The first-order valence-electron chi connectivity index (χ1n) is 9.63. The summed E-state index contributed by atoms with van der Waals surface area (Å²) >= 11 is 3.51. The maximum atomic E-state index is 4.69. The smallest absolute Gasteiger partial charge is 0.106 e. The molecule has 134 valence electrons. The second-order valence-corrected chi connectivity index (χ2v) is 9.03. The highest BCUT2D eigenvalue weighted by Crippen LogP contribution is 2.47. The van der Waals surface area contributed by atoms with Crippen molar-refractivity contribution in [2.24, 2.45) is 5.41 Å². The number of hydrogen-bond donors (Lipinski definition) is 0. The van der Waals surface area contributed by atoms with E-state index in [1.807, 2.05) is 6.07 Å². The van der Waals surface area contributed by atoms with E-state index in [0.29, 0.717) is 0 Å². The van der Waals surface area contributed by atoms with E-state index in [4.69, 9.17) is 0 Å². The van der Waals surface area contributed by atoms with Crippen LogP contribution in [0.4, 0.5) is 0 Å². The molecule has 1 heterocycles. The number of benzene rings is 2. The van der Waals surface area contributed by atoms with Crippen LogP contribution in [0, 0.1) is 5.41 Å². The van der Waals surface area contributed by atoms with Crippen LogP contribution < -0.4 is 0 Å². The molecule has 0 aliphatic heterocycles. The Labute approximate surface area is 169 Å². The molecule has 2 aliphatic rings. The first-order valence-corrected chi connectivity index (χ1v) is 10.4. The molecule has 0 bridgehead atoms. The van der Waals surface area contributed by atoms with Gasteiger partial charge in [-0.3, -0.25) is 0 Å². The molecule has 3 aromatic rings. The predicted molar refractivity (Wildman–Crippen MR) is 118 cm³/mol. The third-order valence-corrected chi connectivity index (χ3v) is 6.58. The van der Waals surface area contributed by atoms with Gasteiger partial charge in [-0.2, -0.15) is 0 Å². The van der Waals surface area contributed by atoms with Crippen molar-refractivity contribution in [1.29, 1.82) is 0 Å². The fourth-order valence-corrected chi connectivity index (χ4v) is 5.10. The molecule has 0 fully saturated rings. The number of allylic oxidation sites excluding steroid dienone is 4. The second kappa shape index (κ2) is 6.17. The topological polar surface area (TPSA) is 12.9 Å². The van der Waals surface area contributed by atoms with Gasteiger partial charge in [-0.25, -0.2) is 4.98 Å². The lowest BCUT2D eigenvalue weighted by atomic mass is 9.68. The van der Waals surface area contributed by atoms with Crippen LogP contribution in [-0.2, 0) is 6.42 Å². The largest absolute Gasteiger partial charge is 0.241 e. The molecule has 2 aliphatic carbocycles. The van der Waals surface area contributed by atoms with Crippen LogP contribution in [0.15, 0.2) is 70.9 Å². The molecule has 0 unspecified atom stereocenters. The van der Waals surface area contributed by atoms with E-state index in [1.54, 1.807) is 5.57 Å². The molecule has 27 heavy (non-hydrogen) atoms. The zero-order valence-corrected chi connectivity index (χ0v) is 17.3. The van der Waals surface area contributed by atoms with Crippen LogP contribution in [-0.4, -0.2) is 4.98 Å². The Kier molecular flexibility index (Phi) is 3.87. The summed E-state index contributed by atoms with van der Waals surface area (Å²) in [6, 6.07) is 17.4.